The zero-order chi connectivity index (χ0) is 10.1. The Bertz CT molecular complexity index is 493. The van der Waals surface area contributed by atoms with Crippen molar-refractivity contribution >= 4 is 27.5 Å². The van der Waals surface area contributed by atoms with Crippen LogP contribution in [0.25, 0.3) is 5.65 Å². The van der Waals surface area contributed by atoms with Crippen LogP contribution in [-0.2, 0) is 11.2 Å². The Balaban J connectivity index is 2.63. The highest BCUT2D eigenvalue weighted by atomic mass is 79.9. The summed E-state index contributed by atoms with van der Waals surface area (Å²) in [6, 6.07) is 5.40. The van der Waals surface area contributed by atoms with Crippen molar-refractivity contribution in [3.8, 4) is 0 Å². The molecule has 2 rings (SSSR count). The first-order valence-corrected chi connectivity index (χ1v) is 4.80. The lowest BCUT2D eigenvalue weighted by atomic mass is 10.2. The molecule has 5 heteroatoms. The van der Waals surface area contributed by atoms with E-state index in [1.165, 1.54) is 0 Å². The summed E-state index contributed by atoms with van der Waals surface area (Å²) in [7, 11) is 0. The van der Waals surface area contributed by atoms with Crippen molar-refractivity contribution in [1.82, 2.24) is 9.38 Å². The molecule has 0 aliphatic heterocycles. The SMILES string of the molecule is O=C(O)Cc1cccc2ncc(Br)n12. The molecule has 14 heavy (non-hydrogen) atoms. The fourth-order valence-corrected chi connectivity index (χ4v) is 1.87. The molecule has 2 aromatic rings. The van der Waals surface area contributed by atoms with Crippen LogP contribution < -0.4 is 0 Å². The second-order valence-corrected chi connectivity index (χ2v) is 3.67. The van der Waals surface area contributed by atoms with E-state index in [-0.39, 0.29) is 6.42 Å². The van der Waals surface area contributed by atoms with Crippen LogP contribution in [0.4, 0.5) is 0 Å². The van der Waals surface area contributed by atoms with Crippen molar-refractivity contribution in [3.63, 3.8) is 0 Å². The number of aromatic nitrogens is 2. The summed E-state index contributed by atoms with van der Waals surface area (Å²) in [6.07, 6.45) is 1.65. The number of carboxylic acid groups (broad SMARTS) is 1. The second kappa shape index (κ2) is 3.42. The summed E-state index contributed by atoms with van der Waals surface area (Å²) >= 11 is 3.32. The third-order valence-electron chi connectivity index (χ3n) is 1.90. The first kappa shape index (κ1) is 9.21. The molecule has 0 radical (unpaired) electrons. The number of imidazole rings is 1. The van der Waals surface area contributed by atoms with Gasteiger partial charge in [-0.25, -0.2) is 4.98 Å². The van der Waals surface area contributed by atoms with E-state index in [1.54, 1.807) is 22.7 Å². The standard InChI is InChI=1S/C9H7BrN2O2/c10-7-5-11-8-3-1-2-6(12(7)8)4-9(13)14/h1-3,5H,4H2,(H,13,14). The molecule has 0 aliphatic rings. The van der Waals surface area contributed by atoms with Crippen LogP contribution in [0.15, 0.2) is 29.0 Å². The third kappa shape index (κ3) is 1.50. The maximum Gasteiger partial charge on any atom is 0.309 e. The van der Waals surface area contributed by atoms with Gasteiger partial charge in [0.15, 0.2) is 0 Å². The summed E-state index contributed by atoms with van der Waals surface area (Å²) in [5.74, 6) is -0.849. The minimum atomic E-state index is -0.849. The van der Waals surface area contributed by atoms with Crippen LogP contribution in [0.5, 0.6) is 0 Å². The summed E-state index contributed by atoms with van der Waals surface area (Å²) in [5.41, 5.74) is 1.45. The number of nitrogens with zero attached hydrogens (tertiary/aromatic N) is 2. The lowest BCUT2D eigenvalue weighted by Gasteiger charge is -2.02. The fraction of sp³-hybridized carbons (Fsp3) is 0.111. The first-order valence-electron chi connectivity index (χ1n) is 4.01. The molecule has 0 fully saturated rings. The van der Waals surface area contributed by atoms with E-state index in [4.69, 9.17) is 5.11 Å². The molecule has 72 valence electrons. The van der Waals surface area contributed by atoms with Crippen LogP contribution >= 0.6 is 15.9 Å². The van der Waals surface area contributed by atoms with Crippen molar-refractivity contribution < 1.29 is 9.90 Å². The van der Waals surface area contributed by atoms with Gasteiger partial charge in [-0.2, -0.15) is 0 Å². The van der Waals surface area contributed by atoms with Gasteiger partial charge in [0.05, 0.1) is 12.6 Å². The van der Waals surface area contributed by atoms with Gasteiger partial charge in [0.1, 0.15) is 10.3 Å². The highest BCUT2D eigenvalue weighted by molar-refractivity contribution is 9.10. The Morgan fingerprint density at radius 2 is 2.36 bits per heavy atom. The summed E-state index contributed by atoms with van der Waals surface area (Å²) < 4.78 is 2.54. The Morgan fingerprint density at radius 3 is 3.07 bits per heavy atom. The number of aliphatic carboxylic acids is 1. The smallest absolute Gasteiger partial charge is 0.309 e. The average molecular weight is 255 g/mol. The Hall–Kier alpha value is -1.36. The number of rotatable bonds is 2. The van der Waals surface area contributed by atoms with Crippen LogP contribution in [0, 0.1) is 0 Å². The van der Waals surface area contributed by atoms with E-state index in [0.29, 0.717) is 5.69 Å². The molecule has 0 amide bonds. The molecule has 0 unspecified atom stereocenters. The minimum absolute atomic E-state index is 0.00764. The van der Waals surface area contributed by atoms with Crippen molar-refractivity contribution in [2.75, 3.05) is 0 Å². The number of hydrogen-bond donors (Lipinski definition) is 1. The van der Waals surface area contributed by atoms with Crippen LogP contribution in [0.2, 0.25) is 0 Å². The fourth-order valence-electron chi connectivity index (χ4n) is 1.36. The van der Waals surface area contributed by atoms with Crippen molar-refractivity contribution in [2.45, 2.75) is 6.42 Å². The number of carboxylic acids is 1. The average Bonchev–Trinajstić information content (AvgIpc) is 2.48. The van der Waals surface area contributed by atoms with Gasteiger partial charge in [0.2, 0.25) is 0 Å². The quantitative estimate of drug-likeness (QED) is 0.888. The zero-order valence-electron chi connectivity index (χ0n) is 7.14. The highest BCUT2D eigenvalue weighted by Crippen LogP contribution is 2.16. The molecule has 0 aromatic carbocycles. The van der Waals surface area contributed by atoms with Gasteiger partial charge in [-0.1, -0.05) is 6.07 Å². The zero-order valence-corrected chi connectivity index (χ0v) is 8.73. The largest absolute Gasteiger partial charge is 0.481 e. The van der Waals surface area contributed by atoms with Gasteiger partial charge in [-0.3, -0.25) is 9.20 Å². The normalized spacial score (nSPS) is 10.6. The van der Waals surface area contributed by atoms with Crippen LogP contribution in [-0.4, -0.2) is 20.5 Å². The lowest BCUT2D eigenvalue weighted by molar-refractivity contribution is -0.136. The molecule has 0 atom stereocenters. The van der Waals surface area contributed by atoms with Crippen LogP contribution in [0.1, 0.15) is 5.69 Å². The first-order chi connectivity index (χ1) is 6.68. The maximum absolute atomic E-state index is 10.6. The molecule has 1 N–H and O–H groups in total. The molecule has 4 nitrogen and oxygen atoms in total. The van der Waals surface area contributed by atoms with E-state index in [1.807, 2.05) is 6.07 Å². The second-order valence-electron chi connectivity index (χ2n) is 2.86. The van der Waals surface area contributed by atoms with Crippen molar-refractivity contribution in [1.29, 1.82) is 0 Å². The van der Waals surface area contributed by atoms with E-state index in [9.17, 15) is 4.79 Å². The number of pyridine rings is 1. The summed E-state index contributed by atoms with van der Waals surface area (Å²) in [5, 5.41) is 8.71. The van der Waals surface area contributed by atoms with E-state index in [0.717, 1.165) is 10.3 Å². The third-order valence-corrected chi connectivity index (χ3v) is 2.46. The molecular formula is C9H7BrN2O2. The molecule has 0 saturated carbocycles. The Kier molecular flexibility index (Phi) is 2.25. The molecule has 0 spiro atoms. The lowest BCUT2D eigenvalue weighted by Crippen LogP contribution is -2.05. The Labute approximate surface area is 88.3 Å². The van der Waals surface area contributed by atoms with Crippen molar-refractivity contribution in [2.24, 2.45) is 0 Å². The molecule has 0 bridgehead atoms. The number of hydrogen-bond acceptors (Lipinski definition) is 2. The number of halogens is 1. The van der Waals surface area contributed by atoms with Gasteiger partial charge < -0.3 is 5.11 Å². The van der Waals surface area contributed by atoms with Gasteiger partial charge in [0.25, 0.3) is 0 Å². The molecule has 2 heterocycles. The van der Waals surface area contributed by atoms with Crippen LogP contribution in [0.3, 0.4) is 0 Å². The Morgan fingerprint density at radius 1 is 1.57 bits per heavy atom. The highest BCUT2D eigenvalue weighted by Gasteiger charge is 2.07. The summed E-state index contributed by atoms with van der Waals surface area (Å²) in [6.45, 7) is 0. The van der Waals surface area contributed by atoms with E-state index >= 15 is 0 Å². The van der Waals surface area contributed by atoms with Gasteiger partial charge in [-0.15, -0.1) is 0 Å². The van der Waals surface area contributed by atoms with Crippen molar-refractivity contribution in [3.05, 3.63) is 34.7 Å². The maximum atomic E-state index is 10.6. The number of carbonyl (C=O) groups is 1. The van der Waals surface area contributed by atoms with E-state index in [2.05, 4.69) is 20.9 Å². The summed E-state index contributed by atoms with van der Waals surface area (Å²) in [4.78, 5) is 14.7. The molecule has 0 aliphatic carbocycles. The monoisotopic (exact) mass is 254 g/mol. The number of fused-ring (bicyclic) bond motifs is 1. The van der Waals surface area contributed by atoms with Gasteiger partial charge in [-0.05, 0) is 28.1 Å². The van der Waals surface area contributed by atoms with E-state index < -0.39 is 5.97 Å². The molecular weight excluding hydrogens is 248 g/mol. The topological polar surface area (TPSA) is 54.6 Å². The van der Waals surface area contributed by atoms with Gasteiger partial charge >= 0.3 is 5.97 Å². The van der Waals surface area contributed by atoms with Gasteiger partial charge in [0, 0.05) is 5.69 Å². The molecule has 2 aromatic heterocycles. The predicted octanol–water partition coefficient (Wildman–Crippen LogP) is 1.72. The molecule has 0 saturated heterocycles. The predicted molar refractivity (Wildman–Crippen MR) is 54.2 cm³/mol. The minimum Gasteiger partial charge on any atom is -0.481 e.